The lowest BCUT2D eigenvalue weighted by molar-refractivity contribution is -0.274. The van der Waals surface area contributed by atoms with Gasteiger partial charge in [-0.1, -0.05) is 12.1 Å². The largest absolute Gasteiger partial charge is 0.432 e. The molecule has 1 atom stereocenters. The number of carbonyl (C=O) groups excluding carboxylic acids is 2. The van der Waals surface area contributed by atoms with E-state index in [2.05, 4.69) is 0 Å². The maximum Gasteiger partial charge on any atom is 0.432 e. The molecule has 8 heteroatoms. The van der Waals surface area contributed by atoms with Gasteiger partial charge in [-0.2, -0.15) is 13.2 Å². The Morgan fingerprint density at radius 3 is 1.84 bits per heavy atom. The number of rotatable bonds is 4. The topological polar surface area (TPSA) is 34.1 Å². The van der Waals surface area contributed by atoms with Gasteiger partial charge in [0.05, 0.1) is 0 Å². The third-order valence-corrected chi connectivity index (χ3v) is 2.47. The first kappa shape index (κ1) is 15.2. The minimum Gasteiger partial charge on any atom is -0.298 e. The van der Waals surface area contributed by atoms with Crippen LogP contribution in [0.4, 0.5) is 26.3 Å². The zero-order valence-electron chi connectivity index (χ0n) is 9.05. The number of halogens is 6. The lowest BCUT2D eigenvalue weighted by Crippen LogP contribution is -2.44. The van der Waals surface area contributed by atoms with Crippen LogP contribution in [0.5, 0.6) is 0 Å². The van der Waals surface area contributed by atoms with Crippen molar-refractivity contribution < 1.29 is 35.9 Å². The fraction of sp³-hybridized carbons (Fsp3) is 0.273. The first-order valence-electron chi connectivity index (χ1n) is 4.77. The van der Waals surface area contributed by atoms with Gasteiger partial charge in [-0.25, -0.2) is 13.2 Å². The number of carbonyl (C=O) groups is 2. The van der Waals surface area contributed by atoms with Crippen LogP contribution < -0.4 is 0 Å². The molecule has 19 heavy (non-hydrogen) atoms. The number of hydrogen-bond acceptors (Lipinski definition) is 2. The van der Waals surface area contributed by atoms with Gasteiger partial charge in [0.2, 0.25) is 0 Å². The Balaban J connectivity index is 3.49. The number of alkyl halides is 6. The van der Waals surface area contributed by atoms with E-state index in [1.54, 1.807) is 0 Å². The molecule has 1 aromatic rings. The highest BCUT2D eigenvalue weighted by Crippen LogP contribution is 2.47. The molecule has 1 rings (SSSR count). The summed E-state index contributed by atoms with van der Waals surface area (Å²) >= 11 is 0. The highest BCUT2D eigenvalue weighted by Gasteiger charge is 2.64. The Morgan fingerprint density at radius 2 is 1.47 bits per heavy atom. The van der Waals surface area contributed by atoms with Crippen LogP contribution in [0.2, 0.25) is 0 Å². The molecule has 0 bridgehead atoms. The molecule has 104 valence electrons. The van der Waals surface area contributed by atoms with E-state index in [4.69, 9.17) is 0 Å². The second-order valence-corrected chi connectivity index (χ2v) is 3.59. The molecule has 0 amide bonds. The monoisotopic (exact) mass is 284 g/mol. The van der Waals surface area contributed by atoms with Gasteiger partial charge in [0.25, 0.3) is 12.1 Å². The molecule has 0 aliphatic heterocycles. The quantitative estimate of drug-likeness (QED) is 0.628. The van der Waals surface area contributed by atoms with E-state index >= 15 is 0 Å². The van der Waals surface area contributed by atoms with Crippen molar-refractivity contribution >= 4 is 12.6 Å². The summed E-state index contributed by atoms with van der Waals surface area (Å²) in [5.41, 5.74) is -7.24. The van der Waals surface area contributed by atoms with Crippen LogP contribution in [-0.4, -0.2) is 25.2 Å². The fourth-order valence-electron chi connectivity index (χ4n) is 1.42. The molecular weight excluding hydrogens is 278 g/mol. The zero-order chi connectivity index (χ0) is 14.8. The molecule has 0 saturated heterocycles. The van der Waals surface area contributed by atoms with E-state index in [0.29, 0.717) is 12.1 Å². The van der Waals surface area contributed by atoms with Crippen molar-refractivity contribution in [3.63, 3.8) is 0 Å². The first-order valence-corrected chi connectivity index (χ1v) is 4.77. The minimum atomic E-state index is -5.86. The van der Waals surface area contributed by atoms with E-state index in [1.165, 1.54) is 0 Å². The van der Waals surface area contributed by atoms with Crippen molar-refractivity contribution in [1.29, 1.82) is 0 Å². The molecule has 1 unspecified atom stereocenters. The molecule has 1 aromatic carbocycles. The summed E-state index contributed by atoms with van der Waals surface area (Å²) in [6.45, 7) is 0. The Bertz CT molecular complexity index is 496. The maximum atomic E-state index is 13.6. The lowest BCUT2D eigenvalue weighted by Gasteiger charge is -2.27. The van der Waals surface area contributed by atoms with Crippen LogP contribution in [0.15, 0.2) is 18.2 Å². The zero-order valence-corrected chi connectivity index (χ0v) is 9.05. The standard InChI is InChI=1S/C11H6F6O2/c12-9(13)10(14,11(15,16)17)8-2-1-6(4-18)7(3-8)5-19/h1-5,9H. The molecule has 0 fully saturated rings. The Hall–Kier alpha value is -1.86. The second kappa shape index (κ2) is 5.02. The molecule has 0 saturated carbocycles. The molecule has 0 spiro atoms. The van der Waals surface area contributed by atoms with E-state index in [9.17, 15) is 35.9 Å². The summed E-state index contributed by atoms with van der Waals surface area (Å²) in [6.07, 6.45) is -10.1. The van der Waals surface area contributed by atoms with Gasteiger partial charge in [0.1, 0.15) is 0 Å². The van der Waals surface area contributed by atoms with E-state index < -0.39 is 29.4 Å². The molecule has 0 aromatic heterocycles. The molecule has 0 aliphatic carbocycles. The molecule has 2 nitrogen and oxygen atoms in total. The predicted octanol–water partition coefficient (Wildman–Crippen LogP) is 3.30. The van der Waals surface area contributed by atoms with Crippen LogP contribution in [0.3, 0.4) is 0 Å². The van der Waals surface area contributed by atoms with Crippen LogP contribution >= 0.6 is 0 Å². The van der Waals surface area contributed by atoms with Crippen molar-refractivity contribution in [3.8, 4) is 0 Å². The molecule has 0 aliphatic rings. The maximum absolute atomic E-state index is 13.6. The minimum absolute atomic E-state index is 0.0184. The van der Waals surface area contributed by atoms with Crippen LogP contribution in [-0.2, 0) is 5.67 Å². The van der Waals surface area contributed by atoms with Gasteiger partial charge in [-0.15, -0.1) is 0 Å². The molecule has 0 N–H and O–H groups in total. The van der Waals surface area contributed by atoms with Crippen LogP contribution in [0.1, 0.15) is 26.3 Å². The highest BCUT2D eigenvalue weighted by molar-refractivity contribution is 5.90. The Morgan fingerprint density at radius 1 is 0.947 bits per heavy atom. The fourth-order valence-corrected chi connectivity index (χ4v) is 1.42. The first-order chi connectivity index (χ1) is 8.68. The summed E-state index contributed by atoms with van der Waals surface area (Å²) < 4.78 is 75.8. The molecular formula is C11H6F6O2. The van der Waals surface area contributed by atoms with E-state index in [1.807, 2.05) is 0 Å². The van der Waals surface area contributed by atoms with Crippen molar-refractivity contribution in [2.45, 2.75) is 18.3 Å². The lowest BCUT2D eigenvalue weighted by atomic mass is 9.92. The summed E-state index contributed by atoms with van der Waals surface area (Å²) in [7, 11) is 0. The smallest absolute Gasteiger partial charge is 0.298 e. The summed E-state index contributed by atoms with van der Waals surface area (Å²) in [6, 6.07) is 1.36. The number of hydrogen-bond donors (Lipinski definition) is 0. The predicted molar refractivity (Wildman–Crippen MR) is 52.1 cm³/mol. The van der Waals surface area contributed by atoms with Crippen molar-refractivity contribution in [2.24, 2.45) is 0 Å². The van der Waals surface area contributed by atoms with Gasteiger partial charge in [0.15, 0.2) is 12.6 Å². The third kappa shape index (κ3) is 2.47. The molecule has 0 heterocycles. The van der Waals surface area contributed by atoms with Gasteiger partial charge in [-0.05, 0) is 6.07 Å². The average molecular weight is 284 g/mol. The van der Waals surface area contributed by atoms with Gasteiger partial charge in [0, 0.05) is 16.7 Å². The SMILES string of the molecule is O=Cc1ccc(C(F)(C(F)F)C(F)(F)F)cc1C=O. The number of benzene rings is 1. The van der Waals surface area contributed by atoms with Crippen LogP contribution in [0.25, 0.3) is 0 Å². The average Bonchev–Trinajstić information content (AvgIpc) is 2.35. The van der Waals surface area contributed by atoms with Crippen LogP contribution in [0, 0.1) is 0 Å². The van der Waals surface area contributed by atoms with Crippen molar-refractivity contribution in [1.82, 2.24) is 0 Å². The van der Waals surface area contributed by atoms with Gasteiger partial charge in [-0.3, -0.25) is 9.59 Å². The van der Waals surface area contributed by atoms with E-state index in [0.717, 1.165) is 0 Å². The Kier molecular flexibility index (Phi) is 4.02. The van der Waals surface area contributed by atoms with Crippen molar-refractivity contribution in [2.75, 3.05) is 0 Å². The summed E-state index contributed by atoms with van der Waals surface area (Å²) in [4.78, 5) is 21.0. The van der Waals surface area contributed by atoms with E-state index in [-0.39, 0.29) is 24.2 Å². The highest BCUT2D eigenvalue weighted by atomic mass is 19.4. The van der Waals surface area contributed by atoms with Gasteiger partial charge >= 0.3 is 6.18 Å². The molecule has 0 radical (unpaired) electrons. The second-order valence-electron chi connectivity index (χ2n) is 3.59. The normalized spacial score (nSPS) is 15.1. The number of aldehydes is 2. The van der Waals surface area contributed by atoms with Crippen molar-refractivity contribution in [3.05, 3.63) is 34.9 Å². The van der Waals surface area contributed by atoms with Gasteiger partial charge < -0.3 is 0 Å². The summed E-state index contributed by atoms with van der Waals surface area (Å²) in [5, 5.41) is 0. The summed E-state index contributed by atoms with van der Waals surface area (Å²) in [5.74, 6) is 0. The third-order valence-electron chi connectivity index (χ3n) is 2.47. The Labute approximate surface area is 103 Å².